The highest BCUT2D eigenvalue weighted by Crippen LogP contribution is 2.21. The summed E-state index contributed by atoms with van der Waals surface area (Å²) < 4.78 is 27.6. The van der Waals surface area contributed by atoms with Crippen molar-refractivity contribution in [2.24, 2.45) is 4.99 Å². The number of hydrogen-bond acceptors (Lipinski definition) is 11. The molecule has 59 heavy (non-hydrogen) atoms. The normalized spacial score (nSPS) is 12.3. The van der Waals surface area contributed by atoms with Crippen molar-refractivity contribution in [3.8, 4) is 11.5 Å². The van der Waals surface area contributed by atoms with E-state index < -0.39 is 47.0 Å². The molecule has 0 heterocycles. The molecule has 3 amide bonds. The molecule has 14 nitrogen and oxygen atoms in total. The molecule has 0 aliphatic heterocycles. The largest absolute Gasteiger partial charge is 0.488 e. The van der Waals surface area contributed by atoms with Crippen LogP contribution in [0.2, 0.25) is 0 Å². The molecule has 14 heteroatoms. The van der Waals surface area contributed by atoms with Gasteiger partial charge in [-0.1, -0.05) is 24.3 Å². The Morgan fingerprint density at radius 2 is 1.08 bits per heavy atom. The highest BCUT2D eigenvalue weighted by molar-refractivity contribution is 6.02. The van der Waals surface area contributed by atoms with Crippen molar-refractivity contribution in [1.29, 1.82) is 0 Å². The standard InChI is InChI=1S/C45H60N4O10/c1-42(2,3)56-34-26-18-30(19-27-34)28-35(38(52)57-43(4,5)6)47-36(50)15-13-14-29-16-24-33(25-17-29)55-37(51)31-20-22-32(23-21-31)46-39(48-40(53)58-44(7,8)9)49-41(54)59-45(10,11)12/h16-27,35H,13-15,28H2,1-12H3,(H,47,50)(H2,46,48,49,53,54)/t35-/m0/s1. The summed E-state index contributed by atoms with van der Waals surface area (Å²) in [6.45, 7) is 21.4. The Balaban J connectivity index is 1.57. The number of aliphatic imine (C=N–C) groups is 1. The maximum atomic E-state index is 13.1. The summed E-state index contributed by atoms with van der Waals surface area (Å²) in [4.78, 5) is 68.2. The van der Waals surface area contributed by atoms with Crippen molar-refractivity contribution in [3.63, 3.8) is 0 Å². The maximum Gasteiger partial charge on any atom is 0.414 e. The third-order valence-corrected chi connectivity index (χ3v) is 7.40. The fraction of sp³-hybridized carbons (Fsp3) is 0.467. The van der Waals surface area contributed by atoms with E-state index in [1.807, 2.05) is 57.2 Å². The fourth-order valence-electron chi connectivity index (χ4n) is 5.15. The SMILES string of the molecule is CC(C)(C)OC(=O)NC(=Nc1ccc(C(=O)Oc2ccc(CCCC(=O)N[C@@H](Cc3ccc(OC(C)(C)C)cc3)C(=O)OC(C)(C)C)cc2)cc1)NC(=O)OC(C)(C)C. The lowest BCUT2D eigenvalue weighted by Crippen LogP contribution is -2.47. The van der Waals surface area contributed by atoms with Gasteiger partial charge in [0.05, 0.1) is 11.3 Å². The zero-order chi connectivity index (χ0) is 44.2. The van der Waals surface area contributed by atoms with E-state index in [0.29, 0.717) is 30.0 Å². The van der Waals surface area contributed by atoms with Gasteiger partial charge >= 0.3 is 24.1 Å². The smallest absolute Gasteiger partial charge is 0.414 e. The van der Waals surface area contributed by atoms with Gasteiger partial charge in [-0.3, -0.25) is 15.4 Å². The highest BCUT2D eigenvalue weighted by atomic mass is 16.6. The first-order valence-corrected chi connectivity index (χ1v) is 19.5. The molecule has 0 saturated heterocycles. The third-order valence-electron chi connectivity index (χ3n) is 7.40. The van der Waals surface area contributed by atoms with Gasteiger partial charge in [0.15, 0.2) is 0 Å². The number of amides is 3. The van der Waals surface area contributed by atoms with Gasteiger partial charge in [-0.15, -0.1) is 0 Å². The number of hydrogen-bond donors (Lipinski definition) is 3. The van der Waals surface area contributed by atoms with Crippen LogP contribution in [0.1, 0.15) is 117 Å². The van der Waals surface area contributed by atoms with Crippen molar-refractivity contribution >= 4 is 41.7 Å². The van der Waals surface area contributed by atoms with Gasteiger partial charge < -0.3 is 29.0 Å². The second-order valence-electron chi connectivity index (χ2n) is 17.9. The summed E-state index contributed by atoms with van der Waals surface area (Å²) in [7, 11) is 0. The van der Waals surface area contributed by atoms with E-state index in [9.17, 15) is 24.0 Å². The first-order valence-electron chi connectivity index (χ1n) is 19.5. The minimum Gasteiger partial charge on any atom is -0.488 e. The number of carbonyl (C=O) groups is 5. The zero-order valence-corrected chi connectivity index (χ0v) is 36.4. The van der Waals surface area contributed by atoms with Crippen LogP contribution in [0.15, 0.2) is 77.8 Å². The second-order valence-corrected chi connectivity index (χ2v) is 17.9. The minimum atomic E-state index is -0.867. The predicted octanol–water partition coefficient (Wildman–Crippen LogP) is 8.51. The molecule has 0 aliphatic rings. The van der Waals surface area contributed by atoms with Crippen molar-refractivity contribution in [3.05, 3.63) is 89.5 Å². The summed E-state index contributed by atoms with van der Waals surface area (Å²) in [5, 5.41) is 7.68. The number of aryl methyl sites for hydroxylation is 1. The molecule has 0 aromatic heterocycles. The van der Waals surface area contributed by atoms with Crippen LogP contribution in [-0.2, 0) is 36.6 Å². The van der Waals surface area contributed by atoms with Crippen molar-refractivity contribution in [1.82, 2.24) is 16.0 Å². The average Bonchev–Trinajstić information content (AvgIpc) is 3.06. The van der Waals surface area contributed by atoms with Crippen LogP contribution in [0, 0.1) is 0 Å². The number of guanidine groups is 1. The molecule has 3 rings (SSSR count). The minimum absolute atomic E-state index is 0.185. The molecule has 3 aromatic carbocycles. The number of esters is 2. The Bertz CT molecular complexity index is 1900. The molecule has 3 aromatic rings. The lowest BCUT2D eigenvalue weighted by atomic mass is 10.0. The Morgan fingerprint density at radius 3 is 1.58 bits per heavy atom. The summed E-state index contributed by atoms with van der Waals surface area (Å²) in [5.41, 5.74) is -0.344. The van der Waals surface area contributed by atoms with Crippen LogP contribution < -0.4 is 25.4 Å². The maximum absolute atomic E-state index is 13.1. The Morgan fingerprint density at radius 1 is 0.593 bits per heavy atom. The van der Waals surface area contributed by atoms with E-state index in [1.54, 1.807) is 74.4 Å². The number of benzene rings is 3. The van der Waals surface area contributed by atoms with Gasteiger partial charge in [0, 0.05) is 12.8 Å². The van der Waals surface area contributed by atoms with Crippen LogP contribution in [0.5, 0.6) is 11.5 Å². The van der Waals surface area contributed by atoms with E-state index >= 15 is 0 Å². The Labute approximate surface area is 347 Å². The molecule has 320 valence electrons. The summed E-state index contributed by atoms with van der Waals surface area (Å²) in [6.07, 6.45) is -0.144. The summed E-state index contributed by atoms with van der Waals surface area (Å²) in [6, 6.07) is 19.5. The molecule has 0 fully saturated rings. The third kappa shape index (κ3) is 19.4. The summed E-state index contributed by atoms with van der Waals surface area (Å²) in [5.74, 6) is -0.601. The Hall–Kier alpha value is -5.92. The molecule has 1 atom stereocenters. The number of carbonyl (C=O) groups excluding carboxylic acids is 5. The van der Waals surface area contributed by atoms with Crippen molar-refractivity contribution in [2.75, 3.05) is 0 Å². The van der Waals surface area contributed by atoms with Crippen LogP contribution in [0.25, 0.3) is 0 Å². The number of nitrogens with zero attached hydrogens (tertiary/aromatic N) is 1. The lowest BCUT2D eigenvalue weighted by Gasteiger charge is -2.25. The van der Waals surface area contributed by atoms with Crippen molar-refractivity contribution < 1.29 is 47.7 Å². The second kappa shape index (κ2) is 20.2. The Kier molecular flexibility index (Phi) is 16.2. The molecular formula is C45H60N4O10. The number of rotatable bonds is 12. The van der Waals surface area contributed by atoms with E-state index in [4.69, 9.17) is 23.7 Å². The van der Waals surface area contributed by atoms with E-state index in [2.05, 4.69) is 20.9 Å². The molecule has 0 spiro atoms. The van der Waals surface area contributed by atoms with Gasteiger partial charge in [-0.05, 0) is 156 Å². The van der Waals surface area contributed by atoms with Crippen LogP contribution in [0.3, 0.4) is 0 Å². The predicted molar refractivity (Wildman–Crippen MR) is 225 cm³/mol. The fourth-order valence-corrected chi connectivity index (χ4v) is 5.15. The van der Waals surface area contributed by atoms with Gasteiger partial charge in [0.1, 0.15) is 39.9 Å². The van der Waals surface area contributed by atoms with E-state index in [-0.39, 0.29) is 35.9 Å². The van der Waals surface area contributed by atoms with Crippen LogP contribution in [0.4, 0.5) is 15.3 Å². The molecule has 0 bridgehead atoms. The monoisotopic (exact) mass is 816 g/mol. The molecule has 0 aliphatic carbocycles. The van der Waals surface area contributed by atoms with E-state index in [0.717, 1.165) is 11.1 Å². The first-order chi connectivity index (χ1) is 27.2. The molecule has 0 radical (unpaired) electrons. The first kappa shape index (κ1) is 47.5. The van der Waals surface area contributed by atoms with E-state index in [1.165, 1.54) is 24.3 Å². The van der Waals surface area contributed by atoms with Crippen molar-refractivity contribution in [2.45, 2.75) is 137 Å². The highest BCUT2D eigenvalue weighted by Gasteiger charge is 2.27. The van der Waals surface area contributed by atoms with Crippen LogP contribution in [-0.4, -0.2) is 64.4 Å². The van der Waals surface area contributed by atoms with Gasteiger partial charge in [-0.25, -0.2) is 24.2 Å². The molecule has 3 N–H and O–H groups in total. The molecular weight excluding hydrogens is 757 g/mol. The quantitative estimate of drug-likeness (QED) is 0.0527. The molecule has 0 unspecified atom stereocenters. The molecule has 0 saturated carbocycles. The topological polar surface area (TPSA) is 180 Å². The summed E-state index contributed by atoms with van der Waals surface area (Å²) >= 11 is 0. The zero-order valence-electron chi connectivity index (χ0n) is 36.4. The number of nitrogens with one attached hydrogen (secondary N) is 3. The van der Waals surface area contributed by atoms with Gasteiger partial charge in [0.25, 0.3) is 0 Å². The number of ether oxygens (including phenoxy) is 5. The van der Waals surface area contributed by atoms with Gasteiger partial charge in [0.2, 0.25) is 11.9 Å². The lowest BCUT2D eigenvalue weighted by molar-refractivity contribution is -0.158. The van der Waals surface area contributed by atoms with Gasteiger partial charge in [-0.2, -0.15) is 0 Å². The average molecular weight is 817 g/mol. The van der Waals surface area contributed by atoms with Crippen LogP contribution >= 0.6 is 0 Å². The number of alkyl carbamates (subject to hydrolysis) is 2.